The smallest absolute Gasteiger partial charge is 0.0949 e. The molecule has 18 heavy (non-hydrogen) atoms. The SMILES string of the molecule is CC1CC(NC2CCCC2n2ccnc2)CCO1. The van der Waals surface area contributed by atoms with Gasteiger partial charge in [0.2, 0.25) is 0 Å². The minimum absolute atomic E-state index is 0.407. The molecule has 0 aromatic carbocycles. The van der Waals surface area contributed by atoms with Gasteiger partial charge in [0.25, 0.3) is 0 Å². The van der Waals surface area contributed by atoms with Crippen molar-refractivity contribution in [1.82, 2.24) is 14.9 Å². The first kappa shape index (κ1) is 12.2. The highest BCUT2D eigenvalue weighted by molar-refractivity contribution is 4.93. The molecule has 3 rings (SSSR count). The highest BCUT2D eigenvalue weighted by Crippen LogP contribution is 2.31. The number of hydrogen-bond acceptors (Lipinski definition) is 3. The van der Waals surface area contributed by atoms with Crippen LogP contribution in [-0.2, 0) is 4.74 Å². The Bertz CT molecular complexity index is 365. The van der Waals surface area contributed by atoms with Crippen LogP contribution < -0.4 is 5.32 Å². The van der Waals surface area contributed by atoms with Crippen molar-refractivity contribution in [3.63, 3.8) is 0 Å². The molecule has 4 nitrogen and oxygen atoms in total. The monoisotopic (exact) mass is 249 g/mol. The van der Waals surface area contributed by atoms with Crippen molar-refractivity contribution in [3.8, 4) is 0 Å². The number of imidazole rings is 1. The molecule has 2 aliphatic rings. The van der Waals surface area contributed by atoms with E-state index in [4.69, 9.17) is 4.74 Å². The molecule has 100 valence electrons. The Morgan fingerprint density at radius 2 is 2.28 bits per heavy atom. The molecule has 1 aliphatic carbocycles. The Balaban J connectivity index is 1.61. The zero-order valence-corrected chi connectivity index (χ0v) is 11.1. The van der Waals surface area contributed by atoms with E-state index in [1.807, 2.05) is 12.5 Å². The molecule has 2 heterocycles. The summed E-state index contributed by atoms with van der Waals surface area (Å²) >= 11 is 0. The van der Waals surface area contributed by atoms with Gasteiger partial charge < -0.3 is 14.6 Å². The summed E-state index contributed by atoms with van der Waals surface area (Å²) in [6, 6.07) is 1.82. The summed E-state index contributed by atoms with van der Waals surface area (Å²) in [7, 11) is 0. The molecule has 0 amide bonds. The standard InChI is InChI=1S/C14H23N3O/c1-11-9-12(5-8-18-11)16-13-3-2-4-14(13)17-7-6-15-10-17/h6-7,10-14,16H,2-5,8-9H2,1H3. The normalized spacial score (nSPS) is 36.9. The molecule has 0 spiro atoms. The third kappa shape index (κ3) is 2.59. The van der Waals surface area contributed by atoms with Gasteiger partial charge in [0.05, 0.1) is 12.4 Å². The fourth-order valence-electron chi connectivity index (χ4n) is 3.41. The summed E-state index contributed by atoms with van der Waals surface area (Å²) < 4.78 is 7.89. The summed E-state index contributed by atoms with van der Waals surface area (Å²) in [5.41, 5.74) is 0. The van der Waals surface area contributed by atoms with Gasteiger partial charge in [-0.15, -0.1) is 0 Å². The highest BCUT2D eigenvalue weighted by Gasteiger charge is 2.31. The van der Waals surface area contributed by atoms with Gasteiger partial charge in [-0.05, 0) is 39.0 Å². The lowest BCUT2D eigenvalue weighted by Crippen LogP contribution is -2.45. The second-order valence-electron chi connectivity index (χ2n) is 5.68. The van der Waals surface area contributed by atoms with Crippen LogP contribution in [0.4, 0.5) is 0 Å². The summed E-state index contributed by atoms with van der Waals surface area (Å²) in [5, 5.41) is 3.86. The van der Waals surface area contributed by atoms with Crippen LogP contribution in [0.2, 0.25) is 0 Å². The molecular weight excluding hydrogens is 226 g/mol. The lowest BCUT2D eigenvalue weighted by Gasteiger charge is -2.32. The van der Waals surface area contributed by atoms with Crippen LogP contribution in [0.15, 0.2) is 18.7 Å². The van der Waals surface area contributed by atoms with E-state index < -0.39 is 0 Å². The molecule has 0 radical (unpaired) electrons. The molecule has 0 bridgehead atoms. The molecule has 1 aromatic rings. The maximum absolute atomic E-state index is 5.62. The van der Waals surface area contributed by atoms with Gasteiger partial charge in [0.1, 0.15) is 0 Å². The summed E-state index contributed by atoms with van der Waals surface area (Å²) in [4.78, 5) is 4.18. The molecule has 4 atom stereocenters. The van der Waals surface area contributed by atoms with Gasteiger partial charge in [-0.2, -0.15) is 0 Å². The minimum atomic E-state index is 0.407. The molecule has 4 heteroatoms. The number of ether oxygens (including phenoxy) is 1. The zero-order valence-electron chi connectivity index (χ0n) is 11.1. The molecule has 1 saturated heterocycles. The van der Waals surface area contributed by atoms with Crippen LogP contribution >= 0.6 is 0 Å². The molecule has 4 unspecified atom stereocenters. The first-order valence-electron chi connectivity index (χ1n) is 7.18. The van der Waals surface area contributed by atoms with Crippen molar-refractivity contribution in [2.45, 2.75) is 63.3 Å². The van der Waals surface area contributed by atoms with Crippen molar-refractivity contribution < 1.29 is 4.74 Å². The largest absolute Gasteiger partial charge is 0.378 e. The molecular formula is C14H23N3O. The van der Waals surface area contributed by atoms with Crippen LogP contribution in [0.5, 0.6) is 0 Å². The number of hydrogen-bond donors (Lipinski definition) is 1. The van der Waals surface area contributed by atoms with Gasteiger partial charge in [-0.25, -0.2) is 4.98 Å². The lowest BCUT2D eigenvalue weighted by molar-refractivity contribution is 0.0105. The van der Waals surface area contributed by atoms with E-state index in [0.717, 1.165) is 19.4 Å². The van der Waals surface area contributed by atoms with E-state index in [-0.39, 0.29) is 0 Å². The van der Waals surface area contributed by atoms with Crippen LogP contribution in [0.3, 0.4) is 0 Å². The minimum Gasteiger partial charge on any atom is -0.378 e. The Morgan fingerprint density at radius 3 is 3.06 bits per heavy atom. The first-order chi connectivity index (χ1) is 8.83. The first-order valence-corrected chi connectivity index (χ1v) is 7.18. The molecule has 1 aromatic heterocycles. The number of aromatic nitrogens is 2. The molecule has 1 saturated carbocycles. The Labute approximate surface area is 109 Å². The Morgan fingerprint density at radius 1 is 1.33 bits per heavy atom. The van der Waals surface area contributed by atoms with Crippen molar-refractivity contribution in [3.05, 3.63) is 18.7 Å². The Hall–Kier alpha value is -0.870. The summed E-state index contributed by atoms with van der Waals surface area (Å²) in [6.45, 7) is 3.08. The van der Waals surface area contributed by atoms with E-state index in [0.29, 0.717) is 24.2 Å². The molecule has 1 aliphatic heterocycles. The van der Waals surface area contributed by atoms with Crippen molar-refractivity contribution in [1.29, 1.82) is 0 Å². The fourth-order valence-corrected chi connectivity index (χ4v) is 3.41. The van der Waals surface area contributed by atoms with Crippen LogP contribution in [-0.4, -0.2) is 34.3 Å². The molecule has 1 N–H and O–H groups in total. The van der Waals surface area contributed by atoms with Crippen LogP contribution in [0.25, 0.3) is 0 Å². The van der Waals surface area contributed by atoms with E-state index in [1.165, 1.54) is 19.3 Å². The van der Waals surface area contributed by atoms with Gasteiger partial charge in [0, 0.05) is 37.1 Å². The van der Waals surface area contributed by atoms with E-state index in [2.05, 4.69) is 28.0 Å². The number of nitrogens with one attached hydrogen (secondary N) is 1. The topological polar surface area (TPSA) is 39.1 Å². The average molecular weight is 249 g/mol. The lowest BCUT2D eigenvalue weighted by atomic mass is 10.0. The van der Waals surface area contributed by atoms with Gasteiger partial charge >= 0.3 is 0 Å². The predicted molar refractivity (Wildman–Crippen MR) is 70.5 cm³/mol. The predicted octanol–water partition coefficient (Wildman–Crippen LogP) is 2.13. The third-order valence-electron chi connectivity index (χ3n) is 4.32. The van der Waals surface area contributed by atoms with Crippen molar-refractivity contribution >= 4 is 0 Å². The number of rotatable bonds is 3. The average Bonchev–Trinajstić information content (AvgIpc) is 2.98. The van der Waals surface area contributed by atoms with Crippen LogP contribution in [0, 0.1) is 0 Å². The van der Waals surface area contributed by atoms with Gasteiger partial charge in [-0.3, -0.25) is 0 Å². The quantitative estimate of drug-likeness (QED) is 0.892. The molecule has 2 fully saturated rings. The van der Waals surface area contributed by atoms with E-state index in [9.17, 15) is 0 Å². The maximum atomic E-state index is 5.62. The number of nitrogens with zero attached hydrogens (tertiary/aromatic N) is 2. The van der Waals surface area contributed by atoms with E-state index in [1.54, 1.807) is 0 Å². The highest BCUT2D eigenvalue weighted by atomic mass is 16.5. The van der Waals surface area contributed by atoms with Gasteiger partial charge in [0.15, 0.2) is 0 Å². The van der Waals surface area contributed by atoms with Crippen LogP contribution in [0.1, 0.15) is 45.1 Å². The summed E-state index contributed by atoms with van der Waals surface area (Å²) in [5.74, 6) is 0. The fraction of sp³-hybridized carbons (Fsp3) is 0.786. The van der Waals surface area contributed by atoms with Crippen molar-refractivity contribution in [2.24, 2.45) is 0 Å². The Kier molecular flexibility index (Phi) is 3.66. The van der Waals surface area contributed by atoms with E-state index >= 15 is 0 Å². The summed E-state index contributed by atoms with van der Waals surface area (Å²) in [6.07, 6.45) is 12.5. The second-order valence-corrected chi connectivity index (χ2v) is 5.68. The zero-order chi connectivity index (χ0) is 12.4. The maximum Gasteiger partial charge on any atom is 0.0949 e. The third-order valence-corrected chi connectivity index (χ3v) is 4.32. The van der Waals surface area contributed by atoms with Gasteiger partial charge in [-0.1, -0.05) is 0 Å². The second kappa shape index (κ2) is 5.41. The van der Waals surface area contributed by atoms with Crippen molar-refractivity contribution in [2.75, 3.05) is 6.61 Å².